The van der Waals surface area contributed by atoms with E-state index in [9.17, 15) is 0 Å². The number of rotatable bonds is 1. The second-order valence-corrected chi connectivity index (χ2v) is 2.14. The summed E-state index contributed by atoms with van der Waals surface area (Å²) in [6.45, 7) is 1.85. The van der Waals surface area contributed by atoms with Crippen molar-refractivity contribution in [3.8, 4) is 0 Å². The summed E-state index contributed by atoms with van der Waals surface area (Å²) in [4.78, 5) is 7.88. The molecule has 4 nitrogen and oxygen atoms in total. The Bertz CT molecular complexity index is 276. The number of hydrogen-bond donors (Lipinski definition) is 2. The van der Waals surface area contributed by atoms with Gasteiger partial charge in [0.25, 0.3) is 0 Å². The molecular formula is C7H10N4. The fourth-order valence-corrected chi connectivity index (χ4v) is 0.733. The molecule has 0 spiro atoms. The maximum Gasteiger partial charge on any atom is 0.191 e. The molecule has 0 radical (unpaired) electrons. The molecule has 1 aromatic rings. The standard InChI is InChI=1S/C7H10N4/c1-5-6(11-7(8)9)3-2-4-10-5/h2-4H,1H3,(H4,8,9,11). The average Bonchev–Trinajstić information content (AvgIpc) is 1.93. The summed E-state index contributed by atoms with van der Waals surface area (Å²) < 4.78 is 0. The summed E-state index contributed by atoms with van der Waals surface area (Å²) in [5.41, 5.74) is 11.9. The van der Waals surface area contributed by atoms with E-state index in [-0.39, 0.29) is 5.96 Å². The molecule has 0 aliphatic heterocycles. The Balaban J connectivity index is 3.04. The molecule has 0 aliphatic carbocycles. The van der Waals surface area contributed by atoms with Gasteiger partial charge in [0.1, 0.15) is 0 Å². The molecular weight excluding hydrogens is 140 g/mol. The second-order valence-electron chi connectivity index (χ2n) is 2.14. The van der Waals surface area contributed by atoms with Crippen molar-refractivity contribution < 1.29 is 0 Å². The van der Waals surface area contributed by atoms with E-state index in [0.717, 1.165) is 5.69 Å². The van der Waals surface area contributed by atoms with Crippen molar-refractivity contribution in [1.29, 1.82) is 0 Å². The first-order chi connectivity index (χ1) is 5.20. The number of aryl methyl sites for hydroxylation is 1. The number of hydrogen-bond acceptors (Lipinski definition) is 2. The van der Waals surface area contributed by atoms with Gasteiger partial charge in [0.05, 0.1) is 11.4 Å². The number of aliphatic imine (C=N–C) groups is 1. The molecule has 0 aliphatic rings. The lowest BCUT2D eigenvalue weighted by Crippen LogP contribution is -2.22. The van der Waals surface area contributed by atoms with Crippen LogP contribution in [0.15, 0.2) is 23.3 Å². The largest absolute Gasteiger partial charge is 0.370 e. The van der Waals surface area contributed by atoms with Gasteiger partial charge < -0.3 is 11.5 Å². The van der Waals surface area contributed by atoms with E-state index < -0.39 is 0 Å². The lowest BCUT2D eigenvalue weighted by molar-refractivity contribution is 1.18. The molecule has 4 heteroatoms. The maximum atomic E-state index is 5.19. The Kier molecular flexibility index (Phi) is 2.06. The Labute approximate surface area is 65.0 Å². The molecule has 11 heavy (non-hydrogen) atoms. The zero-order chi connectivity index (χ0) is 8.27. The van der Waals surface area contributed by atoms with Gasteiger partial charge in [-0.1, -0.05) is 0 Å². The Morgan fingerprint density at radius 3 is 2.82 bits per heavy atom. The molecule has 0 atom stereocenters. The van der Waals surface area contributed by atoms with E-state index in [1.165, 1.54) is 0 Å². The molecule has 0 unspecified atom stereocenters. The topological polar surface area (TPSA) is 77.3 Å². The molecule has 0 amide bonds. The quantitative estimate of drug-likeness (QED) is 0.446. The van der Waals surface area contributed by atoms with Gasteiger partial charge in [0.15, 0.2) is 5.96 Å². The van der Waals surface area contributed by atoms with Crippen molar-refractivity contribution in [3.05, 3.63) is 24.0 Å². The van der Waals surface area contributed by atoms with Crippen LogP contribution < -0.4 is 11.5 Å². The monoisotopic (exact) mass is 150 g/mol. The van der Waals surface area contributed by atoms with Gasteiger partial charge in [0, 0.05) is 6.20 Å². The Morgan fingerprint density at radius 1 is 1.55 bits per heavy atom. The minimum atomic E-state index is 0.0566. The molecule has 4 N–H and O–H groups in total. The summed E-state index contributed by atoms with van der Waals surface area (Å²) in [5.74, 6) is 0.0566. The molecule has 0 aromatic carbocycles. The predicted molar refractivity (Wildman–Crippen MR) is 44.4 cm³/mol. The molecule has 1 aromatic heterocycles. The summed E-state index contributed by atoms with van der Waals surface area (Å²) in [6.07, 6.45) is 1.70. The summed E-state index contributed by atoms with van der Waals surface area (Å²) >= 11 is 0. The van der Waals surface area contributed by atoms with Gasteiger partial charge in [-0.15, -0.1) is 0 Å². The maximum absolute atomic E-state index is 5.19. The molecule has 1 heterocycles. The molecule has 0 bridgehead atoms. The Hall–Kier alpha value is -1.58. The van der Waals surface area contributed by atoms with Crippen LogP contribution in [0.5, 0.6) is 0 Å². The summed E-state index contributed by atoms with van der Waals surface area (Å²) in [5, 5.41) is 0. The van der Waals surface area contributed by atoms with Crippen LogP contribution in [-0.2, 0) is 0 Å². The first-order valence-corrected chi connectivity index (χ1v) is 3.21. The molecule has 0 saturated heterocycles. The normalized spacial score (nSPS) is 9.18. The lowest BCUT2D eigenvalue weighted by atomic mass is 10.3. The third-order valence-electron chi connectivity index (χ3n) is 1.23. The fraction of sp³-hybridized carbons (Fsp3) is 0.143. The second kappa shape index (κ2) is 3.01. The average molecular weight is 150 g/mol. The third-order valence-corrected chi connectivity index (χ3v) is 1.23. The van der Waals surface area contributed by atoms with Crippen LogP contribution in [0, 0.1) is 6.92 Å². The summed E-state index contributed by atoms with van der Waals surface area (Å²) in [7, 11) is 0. The van der Waals surface area contributed by atoms with Crippen LogP contribution in [0.2, 0.25) is 0 Å². The smallest absolute Gasteiger partial charge is 0.191 e. The number of guanidine groups is 1. The fourth-order valence-electron chi connectivity index (χ4n) is 0.733. The van der Waals surface area contributed by atoms with Crippen LogP contribution in [0.1, 0.15) is 5.69 Å². The molecule has 0 saturated carbocycles. The van der Waals surface area contributed by atoms with E-state index in [1.54, 1.807) is 12.3 Å². The van der Waals surface area contributed by atoms with Gasteiger partial charge in [-0.3, -0.25) is 4.98 Å². The minimum absolute atomic E-state index is 0.0566. The zero-order valence-corrected chi connectivity index (χ0v) is 6.28. The van der Waals surface area contributed by atoms with Crippen molar-refractivity contribution in [2.45, 2.75) is 6.92 Å². The van der Waals surface area contributed by atoms with Crippen LogP contribution >= 0.6 is 0 Å². The van der Waals surface area contributed by atoms with Crippen molar-refractivity contribution in [2.24, 2.45) is 16.5 Å². The van der Waals surface area contributed by atoms with Gasteiger partial charge in [-0.2, -0.15) is 0 Å². The molecule has 1 rings (SSSR count). The van der Waals surface area contributed by atoms with Gasteiger partial charge >= 0.3 is 0 Å². The van der Waals surface area contributed by atoms with E-state index in [0.29, 0.717) is 5.69 Å². The third kappa shape index (κ3) is 1.93. The van der Waals surface area contributed by atoms with Gasteiger partial charge in [-0.05, 0) is 19.1 Å². The number of nitrogens with zero attached hydrogens (tertiary/aromatic N) is 2. The van der Waals surface area contributed by atoms with E-state index in [2.05, 4.69) is 9.98 Å². The molecule has 58 valence electrons. The van der Waals surface area contributed by atoms with Crippen LogP contribution in [0.25, 0.3) is 0 Å². The van der Waals surface area contributed by atoms with Crippen molar-refractivity contribution >= 4 is 11.6 Å². The molecule has 0 fully saturated rings. The predicted octanol–water partition coefficient (Wildman–Crippen LogP) is 0.295. The van der Waals surface area contributed by atoms with Crippen LogP contribution in [-0.4, -0.2) is 10.9 Å². The van der Waals surface area contributed by atoms with Crippen LogP contribution in [0.3, 0.4) is 0 Å². The highest BCUT2D eigenvalue weighted by Gasteiger charge is 1.93. The van der Waals surface area contributed by atoms with Gasteiger partial charge in [0.2, 0.25) is 0 Å². The first-order valence-electron chi connectivity index (χ1n) is 3.21. The van der Waals surface area contributed by atoms with E-state index in [4.69, 9.17) is 11.5 Å². The lowest BCUT2D eigenvalue weighted by Gasteiger charge is -1.96. The zero-order valence-electron chi connectivity index (χ0n) is 6.28. The van der Waals surface area contributed by atoms with Crippen molar-refractivity contribution in [2.75, 3.05) is 0 Å². The minimum Gasteiger partial charge on any atom is -0.370 e. The van der Waals surface area contributed by atoms with Crippen LogP contribution in [0.4, 0.5) is 5.69 Å². The SMILES string of the molecule is Cc1ncccc1N=C(N)N. The highest BCUT2D eigenvalue weighted by Crippen LogP contribution is 2.13. The Morgan fingerprint density at radius 2 is 2.27 bits per heavy atom. The highest BCUT2D eigenvalue weighted by molar-refractivity contribution is 5.79. The van der Waals surface area contributed by atoms with E-state index >= 15 is 0 Å². The van der Waals surface area contributed by atoms with Crippen molar-refractivity contribution in [3.63, 3.8) is 0 Å². The van der Waals surface area contributed by atoms with Gasteiger partial charge in [-0.25, -0.2) is 4.99 Å². The number of aromatic nitrogens is 1. The number of pyridine rings is 1. The highest BCUT2D eigenvalue weighted by atomic mass is 15.0. The first kappa shape index (κ1) is 7.53. The van der Waals surface area contributed by atoms with E-state index in [1.807, 2.05) is 13.0 Å². The number of nitrogens with two attached hydrogens (primary N) is 2. The summed E-state index contributed by atoms with van der Waals surface area (Å²) in [6, 6.07) is 3.59. The van der Waals surface area contributed by atoms with Crippen molar-refractivity contribution in [1.82, 2.24) is 4.98 Å².